The molecule has 0 spiro atoms. The number of hydrogen-bond acceptors (Lipinski definition) is 4. The van der Waals surface area contributed by atoms with E-state index in [0.717, 1.165) is 16.8 Å². The summed E-state index contributed by atoms with van der Waals surface area (Å²) in [5, 5.41) is 3.25. The standard InChI is InChI=1S/C18H20N2O3/c1-11-7-6-10-15(12(11)2)20-16-9-5-4-8-14(16)18(22)23-13(3)17(19)21/h4-10,13,20H,1-3H3,(H2,19,21)/t13-/m0/s1. The topological polar surface area (TPSA) is 81.4 Å². The lowest BCUT2D eigenvalue weighted by atomic mass is 10.1. The van der Waals surface area contributed by atoms with Crippen molar-refractivity contribution < 1.29 is 14.3 Å². The fourth-order valence-electron chi connectivity index (χ4n) is 2.08. The third kappa shape index (κ3) is 3.88. The summed E-state index contributed by atoms with van der Waals surface area (Å²) in [4.78, 5) is 23.3. The maximum absolute atomic E-state index is 12.3. The van der Waals surface area contributed by atoms with E-state index in [9.17, 15) is 9.59 Å². The number of primary amides is 1. The van der Waals surface area contributed by atoms with Gasteiger partial charge in [-0.3, -0.25) is 4.79 Å². The molecule has 5 nitrogen and oxygen atoms in total. The van der Waals surface area contributed by atoms with E-state index in [1.807, 2.05) is 38.1 Å². The molecule has 0 aliphatic carbocycles. The van der Waals surface area contributed by atoms with Crippen molar-refractivity contribution in [2.45, 2.75) is 26.9 Å². The molecular weight excluding hydrogens is 292 g/mol. The van der Waals surface area contributed by atoms with Gasteiger partial charge >= 0.3 is 5.97 Å². The van der Waals surface area contributed by atoms with E-state index < -0.39 is 18.0 Å². The maximum Gasteiger partial charge on any atom is 0.341 e. The van der Waals surface area contributed by atoms with Gasteiger partial charge in [-0.1, -0.05) is 24.3 Å². The molecule has 120 valence electrons. The highest BCUT2D eigenvalue weighted by Gasteiger charge is 2.19. The first-order valence-corrected chi connectivity index (χ1v) is 7.32. The van der Waals surface area contributed by atoms with Gasteiger partial charge in [0.1, 0.15) is 0 Å². The van der Waals surface area contributed by atoms with Gasteiger partial charge in [0.05, 0.1) is 11.3 Å². The van der Waals surface area contributed by atoms with E-state index in [1.54, 1.807) is 18.2 Å². The van der Waals surface area contributed by atoms with E-state index >= 15 is 0 Å². The average Bonchev–Trinajstić information content (AvgIpc) is 2.52. The van der Waals surface area contributed by atoms with Crippen molar-refractivity contribution in [1.82, 2.24) is 0 Å². The Bertz CT molecular complexity index is 741. The van der Waals surface area contributed by atoms with Crippen LogP contribution in [0.5, 0.6) is 0 Å². The molecule has 0 aliphatic rings. The number of nitrogens with two attached hydrogens (primary N) is 1. The van der Waals surface area contributed by atoms with Crippen molar-refractivity contribution in [2.24, 2.45) is 5.73 Å². The van der Waals surface area contributed by atoms with Gasteiger partial charge in [0.25, 0.3) is 5.91 Å². The molecule has 0 heterocycles. The lowest BCUT2D eigenvalue weighted by Crippen LogP contribution is -2.30. The lowest BCUT2D eigenvalue weighted by molar-refractivity contribution is -0.125. The van der Waals surface area contributed by atoms with Crippen LogP contribution < -0.4 is 11.1 Å². The predicted octanol–water partition coefficient (Wildman–Crippen LogP) is 3.08. The summed E-state index contributed by atoms with van der Waals surface area (Å²) in [6.07, 6.45) is -0.976. The zero-order chi connectivity index (χ0) is 17.0. The minimum Gasteiger partial charge on any atom is -0.449 e. The molecule has 2 rings (SSSR count). The Morgan fingerprint density at radius 2 is 1.70 bits per heavy atom. The molecule has 0 radical (unpaired) electrons. The monoisotopic (exact) mass is 312 g/mol. The van der Waals surface area contributed by atoms with Crippen molar-refractivity contribution in [2.75, 3.05) is 5.32 Å². The first-order valence-electron chi connectivity index (χ1n) is 7.32. The summed E-state index contributed by atoms with van der Waals surface area (Å²) in [6, 6.07) is 12.9. The van der Waals surface area contributed by atoms with Crippen LogP contribution in [-0.4, -0.2) is 18.0 Å². The van der Waals surface area contributed by atoms with Gasteiger partial charge in [-0.25, -0.2) is 4.79 Å². The number of nitrogens with one attached hydrogen (secondary N) is 1. The van der Waals surface area contributed by atoms with Gasteiger partial charge in [-0.05, 0) is 50.1 Å². The van der Waals surface area contributed by atoms with Crippen LogP contribution in [-0.2, 0) is 9.53 Å². The Hall–Kier alpha value is -2.82. The number of esters is 1. The van der Waals surface area contributed by atoms with E-state index in [1.165, 1.54) is 6.92 Å². The minimum atomic E-state index is -0.976. The van der Waals surface area contributed by atoms with Crippen LogP contribution in [0.3, 0.4) is 0 Å². The predicted molar refractivity (Wildman–Crippen MR) is 89.7 cm³/mol. The second kappa shape index (κ2) is 6.96. The van der Waals surface area contributed by atoms with Gasteiger partial charge in [-0.15, -0.1) is 0 Å². The largest absolute Gasteiger partial charge is 0.449 e. The van der Waals surface area contributed by atoms with Gasteiger partial charge < -0.3 is 15.8 Å². The summed E-state index contributed by atoms with van der Waals surface area (Å²) in [5.41, 5.74) is 9.25. The molecule has 0 aliphatic heterocycles. The van der Waals surface area contributed by atoms with Gasteiger partial charge in [-0.2, -0.15) is 0 Å². The second-order valence-electron chi connectivity index (χ2n) is 5.37. The number of rotatable bonds is 5. The van der Waals surface area contributed by atoms with E-state index in [0.29, 0.717) is 11.3 Å². The smallest absolute Gasteiger partial charge is 0.341 e. The molecule has 0 saturated heterocycles. The molecule has 0 bridgehead atoms. The molecule has 0 saturated carbocycles. The average molecular weight is 312 g/mol. The van der Waals surface area contributed by atoms with Crippen LogP contribution in [0, 0.1) is 13.8 Å². The van der Waals surface area contributed by atoms with E-state index in [-0.39, 0.29) is 0 Å². The van der Waals surface area contributed by atoms with Crippen LogP contribution in [0.2, 0.25) is 0 Å². The third-order valence-electron chi connectivity index (χ3n) is 3.71. The number of ether oxygens (including phenoxy) is 1. The Morgan fingerprint density at radius 1 is 1.04 bits per heavy atom. The first kappa shape index (κ1) is 16.5. The molecular formula is C18H20N2O3. The summed E-state index contributed by atoms with van der Waals surface area (Å²) in [7, 11) is 0. The molecule has 2 aromatic rings. The van der Waals surface area contributed by atoms with Crippen molar-refractivity contribution in [3.63, 3.8) is 0 Å². The number of hydrogen-bond donors (Lipinski definition) is 2. The lowest BCUT2D eigenvalue weighted by Gasteiger charge is -2.15. The Labute approximate surface area is 135 Å². The minimum absolute atomic E-state index is 0.349. The number of anilines is 2. The Kier molecular flexibility index (Phi) is 5.01. The van der Waals surface area contributed by atoms with Crippen LogP contribution >= 0.6 is 0 Å². The third-order valence-corrected chi connectivity index (χ3v) is 3.71. The molecule has 2 aromatic carbocycles. The highest BCUT2D eigenvalue weighted by Crippen LogP contribution is 2.25. The van der Waals surface area contributed by atoms with Crippen molar-refractivity contribution in [3.05, 3.63) is 59.2 Å². The van der Waals surface area contributed by atoms with Crippen LogP contribution in [0.4, 0.5) is 11.4 Å². The summed E-state index contributed by atoms with van der Waals surface area (Å²) in [6.45, 7) is 5.48. The van der Waals surface area contributed by atoms with Gasteiger partial charge in [0, 0.05) is 5.69 Å². The van der Waals surface area contributed by atoms with Crippen molar-refractivity contribution in [3.8, 4) is 0 Å². The number of aryl methyl sites for hydroxylation is 1. The SMILES string of the molecule is Cc1cccc(Nc2ccccc2C(=O)O[C@@H](C)C(N)=O)c1C. The Balaban J connectivity index is 2.29. The van der Waals surface area contributed by atoms with Crippen LogP contribution in [0.25, 0.3) is 0 Å². The zero-order valence-corrected chi connectivity index (χ0v) is 13.4. The number of benzene rings is 2. The van der Waals surface area contributed by atoms with E-state index in [4.69, 9.17) is 10.5 Å². The molecule has 0 unspecified atom stereocenters. The summed E-state index contributed by atoms with van der Waals surface area (Å²) in [5.74, 6) is -1.27. The Morgan fingerprint density at radius 3 is 2.39 bits per heavy atom. The van der Waals surface area contributed by atoms with Crippen molar-refractivity contribution >= 4 is 23.3 Å². The number of carbonyl (C=O) groups is 2. The molecule has 3 N–H and O–H groups in total. The number of carbonyl (C=O) groups excluding carboxylic acids is 2. The number of para-hydroxylation sites is 1. The second-order valence-corrected chi connectivity index (χ2v) is 5.37. The molecule has 23 heavy (non-hydrogen) atoms. The normalized spacial score (nSPS) is 11.6. The fraction of sp³-hybridized carbons (Fsp3) is 0.222. The highest BCUT2D eigenvalue weighted by molar-refractivity contribution is 5.98. The summed E-state index contributed by atoms with van der Waals surface area (Å²) < 4.78 is 5.08. The molecule has 1 atom stereocenters. The van der Waals surface area contributed by atoms with Gasteiger partial charge in [0.2, 0.25) is 0 Å². The van der Waals surface area contributed by atoms with Gasteiger partial charge in [0.15, 0.2) is 6.10 Å². The summed E-state index contributed by atoms with van der Waals surface area (Å²) >= 11 is 0. The maximum atomic E-state index is 12.3. The quantitative estimate of drug-likeness (QED) is 0.831. The first-order chi connectivity index (χ1) is 10.9. The molecule has 0 fully saturated rings. The van der Waals surface area contributed by atoms with Crippen LogP contribution in [0.1, 0.15) is 28.4 Å². The fourth-order valence-corrected chi connectivity index (χ4v) is 2.08. The zero-order valence-electron chi connectivity index (χ0n) is 13.4. The van der Waals surface area contributed by atoms with Crippen molar-refractivity contribution in [1.29, 1.82) is 0 Å². The molecule has 5 heteroatoms. The molecule has 0 aromatic heterocycles. The molecule has 1 amide bonds. The number of amides is 1. The van der Waals surface area contributed by atoms with Crippen LogP contribution in [0.15, 0.2) is 42.5 Å². The van der Waals surface area contributed by atoms with E-state index in [2.05, 4.69) is 5.32 Å². The highest BCUT2D eigenvalue weighted by atomic mass is 16.5.